The number of hydrogen-bond donors (Lipinski definition) is 1. The summed E-state index contributed by atoms with van der Waals surface area (Å²) in [6.45, 7) is 1.01. The number of rotatable bonds is 5. The molecule has 1 heterocycles. The van der Waals surface area contributed by atoms with Gasteiger partial charge in [0.1, 0.15) is 6.33 Å². The first-order chi connectivity index (χ1) is 5.83. The third-order valence-corrected chi connectivity index (χ3v) is 1.42. The minimum atomic E-state index is -0.275. The van der Waals surface area contributed by atoms with Crippen molar-refractivity contribution in [1.29, 1.82) is 0 Å². The molecule has 12 heavy (non-hydrogen) atoms. The first-order valence-corrected chi connectivity index (χ1v) is 3.94. The zero-order chi connectivity index (χ0) is 8.81. The molecule has 0 unspecified atom stereocenters. The second-order valence-corrected chi connectivity index (χ2v) is 2.55. The molecule has 0 atom stereocenters. The summed E-state index contributed by atoms with van der Waals surface area (Å²) in [5, 5.41) is 7.10. The van der Waals surface area contributed by atoms with Gasteiger partial charge in [0.25, 0.3) is 0 Å². The van der Waals surface area contributed by atoms with E-state index in [4.69, 9.17) is 0 Å². The summed E-state index contributed by atoms with van der Waals surface area (Å²) in [7, 11) is 1.82. The monoisotopic (exact) mass is 172 g/mol. The number of hydrogen-bond acceptors (Lipinski definition) is 3. The normalized spacial score (nSPS) is 10.5. The minimum Gasteiger partial charge on any atom is -0.310 e. The summed E-state index contributed by atoms with van der Waals surface area (Å²) in [5.74, 6) is 0.747. The Bertz CT molecular complexity index is 223. The van der Waals surface area contributed by atoms with Gasteiger partial charge in [0, 0.05) is 7.05 Å². The van der Waals surface area contributed by atoms with Gasteiger partial charge in [0.2, 0.25) is 0 Å². The third kappa shape index (κ3) is 2.96. The lowest BCUT2D eigenvalue weighted by Gasteiger charge is -1.97. The summed E-state index contributed by atoms with van der Waals surface area (Å²) >= 11 is 0. The molecule has 4 nitrogen and oxygen atoms in total. The van der Waals surface area contributed by atoms with Crippen molar-refractivity contribution in [2.75, 3.05) is 13.2 Å². The van der Waals surface area contributed by atoms with Crippen LogP contribution in [0.1, 0.15) is 12.2 Å². The first kappa shape index (κ1) is 9.12. The summed E-state index contributed by atoms with van der Waals surface area (Å²) in [5.41, 5.74) is 0. The SMILES string of the molecule is Cn1cnc(CNCCCF)n1. The Morgan fingerprint density at radius 3 is 3.08 bits per heavy atom. The van der Waals surface area contributed by atoms with E-state index in [0.717, 1.165) is 5.82 Å². The molecule has 1 rings (SSSR count). The van der Waals surface area contributed by atoms with Gasteiger partial charge in [-0.05, 0) is 13.0 Å². The first-order valence-electron chi connectivity index (χ1n) is 3.94. The average molecular weight is 172 g/mol. The van der Waals surface area contributed by atoms with E-state index in [0.29, 0.717) is 19.5 Å². The summed E-state index contributed by atoms with van der Waals surface area (Å²) in [4.78, 5) is 4.01. The molecule has 0 spiro atoms. The summed E-state index contributed by atoms with van der Waals surface area (Å²) in [6, 6.07) is 0. The maximum absolute atomic E-state index is 11.6. The van der Waals surface area contributed by atoms with Gasteiger partial charge in [-0.3, -0.25) is 9.07 Å². The number of aryl methyl sites for hydroxylation is 1. The lowest BCUT2D eigenvalue weighted by molar-refractivity contribution is 0.457. The van der Waals surface area contributed by atoms with Crippen molar-refractivity contribution in [3.05, 3.63) is 12.2 Å². The molecule has 0 amide bonds. The predicted molar refractivity (Wildman–Crippen MR) is 43.3 cm³/mol. The highest BCUT2D eigenvalue weighted by Crippen LogP contribution is 1.86. The topological polar surface area (TPSA) is 42.7 Å². The van der Waals surface area contributed by atoms with Gasteiger partial charge in [-0.15, -0.1) is 0 Å². The third-order valence-electron chi connectivity index (χ3n) is 1.42. The van der Waals surface area contributed by atoms with Crippen LogP contribution in [0.4, 0.5) is 4.39 Å². The van der Waals surface area contributed by atoms with Crippen molar-refractivity contribution >= 4 is 0 Å². The van der Waals surface area contributed by atoms with E-state index in [2.05, 4.69) is 15.4 Å². The van der Waals surface area contributed by atoms with Gasteiger partial charge >= 0.3 is 0 Å². The number of alkyl halides is 1. The van der Waals surface area contributed by atoms with E-state index in [9.17, 15) is 4.39 Å². The molecule has 5 heteroatoms. The van der Waals surface area contributed by atoms with Gasteiger partial charge in [0.05, 0.1) is 13.2 Å². The van der Waals surface area contributed by atoms with Crippen molar-refractivity contribution < 1.29 is 4.39 Å². The fourth-order valence-electron chi connectivity index (χ4n) is 0.857. The fourth-order valence-corrected chi connectivity index (χ4v) is 0.857. The largest absolute Gasteiger partial charge is 0.310 e. The number of nitrogens with zero attached hydrogens (tertiary/aromatic N) is 3. The second kappa shape index (κ2) is 4.82. The Kier molecular flexibility index (Phi) is 3.66. The molecule has 1 N–H and O–H groups in total. The van der Waals surface area contributed by atoms with Crippen molar-refractivity contribution in [2.24, 2.45) is 7.05 Å². The molecule has 0 saturated carbocycles. The number of aromatic nitrogens is 3. The maximum atomic E-state index is 11.6. The smallest absolute Gasteiger partial charge is 0.164 e. The van der Waals surface area contributed by atoms with Gasteiger partial charge in [-0.25, -0.2) is 4.98 Å². The van der Waals surface area contributed by atoms with Crippen LogP contribution in [0.5, 0.6) is 0 Å². The standard InChI is InChI=1S/C7H13FN4/c1-12-6-10-7(11-12)5-9-4-2-3-8/h6,9H,2-5H2,1H3. The van der Waals surface area contributed by atoms with E-state index < -0.39 is 0 Å². The molecular weight excluding hydrogens is 159 g/mol. The van der Waals surface area contributed by atoms with Crippen LogP contribution in [-0.2, 0) is 13.6 Å². The molecule has 1 aromatic heterocycles. The molecule has 0 aliphatic rings. The molecule has 0 fully saturated rings. The van der Waals surface area contributed by atoms with Crippen molar-refractivity contribution in [1.82, 2.24) is 20.1 Å². The van der Waals surface area contributed by atoms with Crippen LogP contribution in [0.25, 0.3) is 0 Å². The van der Waals surface area contributed by atoms with E-state index in [-0.39, 0.29) is 6.67 Å². The van der Waals surface area contributed by atoms with Crippen LogP contribution >= 0.6 is 0 Å². The quantitative estimate of drug-likeness (QED) is 0.648. The molecule has 68 valence electrons. The molecule has 0 aliphatic carbocycles. The second-order valence-electron chi connectivity index (χ2n) is 2.55. The summed E-state index contributed by atoms with van der Waals surface area (Å²) < 4.78 is 13.3. The highest BCUT2D eigenvalue weighted by molar-refractivity contribution is 4.79. The Hall–Kier alpha value is -0.970. The van der Waals surface area contributed by atoms with Gasteiger partial charge in [-0.2, -0.15) is 5.10 Å². The number of halogens is 1. The molecule has 0 saturated heterocycles. The van der Waals surface area contributed by atoms with Crippen LogP contribution in [-0.4, -0.2) is 28.0 Å². The van der Waals surface area contributed by atoms with Crippen molar-refractivity contribution in [3.8, 4) is 0 Å². The lowest BCUT2D eigenvalue weighted by atomic mass is 10.4. The zero-order valence-electron chi connectivity index (χ0n) is 7.13. The van der Waals surface area contributed by atoms with Crippen molar-refractivity contribution in [2.45, 2.75) is 13.0 Å². The Labute approximate surface area is 70.8 Å². The van der Waals surface area contributed by atoms with Crippen molar-refractivity contribution in [3.63, 3.8) is 0 Å². The fraction of sp³-hybridized carbons (Fsp3) is 0.714. The van der Waals surface area contributed by atoms with E-state index in [1.165, 1.54) is 0 Å². The van der Waals surface area contributed by atoms with Gasteiger partial charge in [-0.1, -0.05) is 0 Å². The maximum Gasteiger partial charge on any atom is 0.164 e. The molecule has 0 bridgehead atoms. The van der Waals surface area contributed by atoms with E-state index in [1.807, 2.05) is 7.05 Å². The van der Waals surface area contributed by atoms with Gasteiger partial charge in [0.15, 0.2) is 5.82 Å². The molecular formula is C7H13FN4. The molecule has 0 aliphatic heterocycles. The summed E-state index contributed by atoms with van der Waals surface area (Å²) in [6.07, 6.45) is 2.19. The Balaban J connectivity index is 2.15. The highest BCUT2D eigenvalue weighted by Gasteiger charge is 1.96. The average Bonchev–Trinajstić information content (AvgIpc) is 2.45. The van der Waals surface area contributed by atoms with E-state index >= 15 is 0 Å². The zero-order valence-corrected chi connectivity index (χ0v) is 7.13. The van der Waals surface area contributed by atoms with Crippen LogP contribution < -0.4 is 5.32 Å². The molecule has 0 radical (unpaired) electrons. The van der Waals surface area contributed by atoms with Crippen LogP contribution in [0.3, 0.4) is 0 Å². The van der Waals surface area contributed by atoms with Crippen LogP contribution in [0, 0.1) is 0 Å². The van der Waals surface area contributed by atoms with Crippen LogP contribution in [0.2, 0.25) is 0 Å². The minimum absolute atomic E-state index is 0.275. The molecule has 0 aromatic carbocycles. The molecule has 1 aromatic rings. The highest BCUT2D eigenvalue weighted by atomic mass is 19.1. The van der Waals surface area contributed by atoms with E-state index in [1.54, 1.807) is 11.0 Å². The Morgan fingerprint density at radius 1 is 1.67 bits per heavy atom. The lowest BCUT2D eigenvalue weighted by Crippen LogP contribution is -2.16. The number of nitrogens with one attached hydrogen (secondary N) is 1. The predicted octanol–water partition coefficient (Wildman–Crippen LogP) is 0.264. The van der Waals surface area contributed by atoms with Gasteiger partial charge < -0.3 is 5.32 Å². The Morgan fingerprint density at radius 2 is 2.50 bits per heavy atom. The van der Waals surface area contributed by atoms with Crippen LogP contribution in [0.15, 0.2) is 6.33 Å².